The van der Waals surface area contributed by atoms with E-state index in [1.54, 1.807) is 24.3 Å². The number of carbonyl (C=O) groups is 2. The number of carbonyl (C=O) groups excluding carboxylic acids is 1. The molecule has 9 heteroatoms. The summed E-state index contributed by atoms with van der Waals surface area (Å²) in [7, 11) is -3.50. The molecular formula is C18H26N2O6S. The number of nitrogens with zero attached hydrogens (tertiary/aromatic N) is 1. The highest BCUT2D eigenvalue weighted by Crippen LogP contribution is 2.18. The van der Waals surface area contributed by atoms with E-state index in [1.165, 1.54) is 4.31 Å². The fourth-order valence-corrected chi connectivity index (χ4v) is 4.15. The van der Waals surface area contributed by atoms with Gasteiger partial charge in [-0.3, -0.25) is 9.59 Å². The van der Waals surface area contributed by atoms with Crippen LogP contribution in [0.1, 0.15) is 31.2 Å². The lowest BCUT2D eigenvalue weighted by Crippen LogP contribution is -2.40. The summed E-state index contributed by atoms with van der Waals surface area (Å²) >= 11 is 0. The van der Waals surface area contributed by atoms with Crippen LogP contribution in [0.3, 0.4) is 0 Å². The molecule has 27 heavy (non-hydrogen) atoms. The van der Waals surface area contributed by atoms with Gasteiger partial charge in [0.2, 0.25) is 15.9 Å². The first-order valence-electron chi connectivity index (χ1n) is 9.05. The molecule has 0 bridgehead atoms. The molecule has 1 aliphatic rings. The van der Waals surface area contributed by atoms with Crippen molar-refractivity contribution in [1.29, 1.82) is 0 Å². The fraction of sp³-hybridized carbons (Fsp3) is 0.556. The van der Waals surface area contributed by atoms with Crippen molar-refractivity contribution in [3.05, 3.63) is 29.8 Å². The fourth-order valence-electron chi connectivity index (χ4n) is 2.74. The molecule has 1 aliphatic heterocycles. The number of carboxylic acids is 1. The zero-order valence-corrected chi connectivity index (χ0v) is 16.0. The second-order valence-electron chi connectivity index (χ2n) is 6.36. The van der Waals surface area contributed by atoms with E-state index in [2.05, 4.69) is 5.32 Å². The molecule has 0 atom stereocenters. The van der Waals surface area contributed by atoms with Crippen LogP contribution in [-0.2, 0) is 30.8 Å². The minimum Gasteiger partial charge on any atom is -0.481 e. The summed E-state index contributed by atoms with van der Waals surface area (Å²) in [4.78, 5) is 22.4. The van der Waals surface area contributed by atoms with Gasteiger partial charge >= 0.3 is 5.97 Å². The van der Waals surface area contributed by atoms with E-state index in [-0.39, 0.29) is 17.2 Å². The van der Waals surface area contributed by atoms with Crippen LogP contribution in [0.25, 0.3) is 0 Å². The van der Waals surface area contributed by atoms with Gasteiger partial charge in [0.05, 0.1) is 18.1 Å². The molecule has 1 fully saturated rings. The van der Waals surface area contributed by atoms with Crippen molar-refractivity contribution in [3.63, 3.8) is 0 Å². The quantitative estimate of drug-likeness (QED) is 0.569. The number of aliphatic carboxylic acids is 1. The number of amides is 1. The maximum atomic E-state index is 12.5. The maximum Gasteiger partial charge on any atom is 0.303 e. The van der Waals surface area contributed by atoms with Gasteiger partial charge in [0.1, 0.15) is 0 Å². The van der Waals surface area contributed by atoms with Crippen molar-refractivity contribution < 1.29 is 27.9 Å². The molecule has 1 aromatic rings. The van der Waals surface area contributed by atoms with Crippen LogP contribution >= 0.6 is 0 Å². The third kappa shape index (κ3) is 6.93. The Kier molecular flexibility index (Phi) is 8.21. The molecule has 1 saturated heterocycles. The van der Waals surface area contributed by atoms with E-state index in [0.29, 0.717) is 58.5 Å². The SMILES string of the molecule is O=C(O)CCCCNC(=O)CCc1ccc(S(=O)(=O)N2CCOCC2)cc1. The van der Waals surface area contributed by atoms with Crippen molar-refractivity contribution >= 4 is 21.9 Å². The molecule has 0 aliphatic carbocycles. The van der Waals surface area contributed by atoms with E-state index in [0.717, 1.165) is 5.56 Å². The van der Waals surface area contributed by atoms with Crippen molar-refractivity contribution in [2.24, 2.45) is 0 Å². The summed E-state index contributed by atoms with van der Waals surface area (Å²) < 4.78 is 31.7. The van der Waals surface area contributed by atoms with Gasteiger partial charge in [0.15, 0.2) is 0 Å². The molecule has 8 nitrogen and oxygen atoms in total. The van der Waals surface area contributed by atoms with Crippen LogP contribution < -0.4 is 5.32 Å². The lowest BCUT2D eigenvalue weighted by atomic mass is 10.1. The summed E-state index contributed by atoms with van der Waals surface area (Å²) in [5.74, 6) is -0.934. The normalized spacial score (nSPS) is 15.4. The minimum atomic E-state index is -3.50. The molecule has 0 spiro atoms. The molecule has 2 rings (SSSR count). The molecule has 0 radical (unpaired) electrons. The Labute approximate surface area is 159 Å². The van der Waals surface area contributed by atoms with Crippen molar-refractivity contribution in [2.75, 3.05) is 32.8 Å². The molecule has 1 aromatic carbocycles. The standard InChI is InChI=1S/C18H26N2O6S/c21-17(19-10-2-1-3-18(22)23)9-6-15-4-7-16(8-5-15)27(24,25)20-11-13-26-14-12-20/h4-5,7-8H,1-3,6,9-14H2,(H,19,21)(H,22,23). The number of unbranched alkanes of at least 4 members (excludes halogenated alkanes) is 1. The van der Waals surface area contributed by atoms with Gasteiger partial charge < -0.3 is 15.2 Å². The number of ether oxygens (including phenoxy) is 1. The highest BCUT2D eigenvalue weighted by molar-refractivity contribution is 7.89. The number of morpholine rings is 1. The second-order valence-corrected chi connectivity index (χ2v) is 8.30. The lowest BCUT2D eigenvalue weighted by molar-refractivity contribution is -0.137. The average molecular weight is 398 g/mol. The van der Waals surface area contributed by atoms with E-state index < -0.39 is 16.0 Å². The van der Waals surface area contributed by atoms with Gasteiger partial charge in [-0.2, -0.15) is 4.31 Å². The van der Waals surface area contributed by atoms with Crippen LogP contribution in [0.15, 0.2) is 29.2 Å². The number of carboxylic acid groups (broad SMARTS) is 1. The highest BCUT2D eigenvalue weighted by Gasteiger charge is 2.26. The summed E-state index contributed by atoms with van der Waals surface area (Å²) in [5.41, 5.74) is 0.886. The molecule has 2 N–H and O–H groups in total. The van der Waals surface area contributed by atoms with Crippen LogP contribution in [0.5, 0.6) is 0 Å². The second kappa shape index (κ2) is 10.4. The van der Waals surface area contributed by atoms with Gasteiger partial charge in [-0.15, -0.1) is 0 Å². The van der Waals surface area contributed by atoms with Gasteiger partial charge in [-0.1, -0.05) is 12.1 Å². The zero-order chi connectivity index (χ0) is 19.7. The molecule has 150 valence electrons. The number of rotatable bonds is 10. The average Bonchev–Trinajstić information content (AvgIpc) is 2.67. The Balaban J connectivity index is 1.76. The molecule has 1 amide bonds. The Bertz CT molecular complexity index is 727. The molecular weight excluding hydrogens is 372 g/mol. The Morgan fingerprint density at radius 3 is 2.37 bits per heavy atom. The summed E-state index contributed by atoms with van der Waals surface area (Å²) in [6, 6.07) is 6.61. The predicted octanol–water partition coefficient (Wildman–Crippen LogP) is 1.01. The topological polar surface area (TPSA) is 113 Å². The smallest absolute Gasteiger partial charge is 0.303 e. The Morgan fingerprint density at radius 2 is 1.74 bits per heavy atom. The van der Waals surface area contributed by atoms with E-state index in [9.17, 15) is 18.0 Å². The third-order valence-electron chi connectivity index (χ3n) is 4.31. The molecule has 0 aromatic heterocycles. The number of hydrogen-bond acceptors (Lipinski definition) is 5. The maximum absolute atomic E-state index is 12.5. The van der Waals surface area contributed by atoms with Gasteiger partial charge in [0, 0.05) is 32.5 Å². The van der Waals surface area contributed by atoms with Crippen LogP contribution in [0.4, 0.5) is 0 Å². The molecule has 1 heterocycles. The van der Waals surface area contributed by atoms with E-state index >= 15 is 0 Å². The molecule has 0 unspecified atom stereocenters. The summed E-state index contributed by atoms with van der Waals surface area (Å²) in [5, 5.41) is 11.3. The molecule has 0 saturated carbocycles. The third-order valence-corrected chi connectivity index (χ3v) is 6.22. The number of nitrogens with one attached hydrogen (secondary N) is 1. The lowest BCUT2D eigenvalue weighted by Gasteiger charge is -2.26. The zero-order valence-electron chi connectivity index (χ0n) is 15.2. The number of benzene rings is 1. The Hall–Kier alpha value is -1.97. The first-order valence-corrected chi connectivity index (χ1v) is 10.5. The summed E-state index contributed by atoms with van der Waals surface area (Å²) in [6.45, 7) is 1.99. The number of aryl methyl sites for hydroxylation is 1. The van der Waals surface area contributed by atoms with Gasteiger partial charge in [-0.05, 0) is 37.0 Å². The van der Waals surface area contributed by atoms with Crippen molar-refractivity contribution in [1.82, 2.24) is 9.62 Å². The monoisotopic (exact) mass is 398 g/mol. The van der Waals surface area contributed by atoms with Crippen LogP contribution in [-0.4, -0.2) is 62.6 Å². The first kappa shape index (κ1) is 21.3. The van der Waals surface area contributed by atoms with E-state index in [4.69, 9.17) is 9.84 Å². The Morgan fingerprint density at radius 1 is 1.07 bits per heavy atom. The minimum absolute atomic E-state index is 0.102. The number of hydrogen-bond donors (Lipinski definition) is 2. The van der Waals surface area contributed by atoms with Crippen LogP contribution in [0.2, 0.25) is 0 Å². The predicted molar refractivity (Wildman–Crippen MR) is 98.8 cm³/mol. The largest absolute Gasteiger partial charge is 0.481 e. The van der Waals surface area contributed by atoms with E-state index in [1.807, 2.05) is 0 Å². The summed E-state index contributed by atoms with van der Waals surface area (Å²) in [6.07, 6.45) is 2.09. The first-order chi connectivity index (χ1) is 12.9. The van der Waals surface area contributed by atoms with Crippen molar-refractivity contribution in [2.45, 2.75) is 37.0 Å². The highest BCUT2D eigenvalue weighted by atomic mass is 32.2. The van der Waals surface area contributed by atoms with Gasteiger partial charge in [-0.25, -0.2) is 8.42 Å². The van der Waals surface area contributed by atoms with Gasteiger partial charge in [0.25, 0.3) is 0 Å². The van der Waals surface area contributed by atoms with Crippen LogP contribution in [0, 0.1) is 0 Å². The van der Waals surface area contributed by atoms with Crippen molar-refractivity contribution in [3.8, 4) is 0 Å². The number of sulfonamides is 1.